The number of benzene rings is 1. The number of piperidine rings is 1. The van der Waals surface area contributed by atoms with E-state index in [0.717, 1.165) is 11.1 Å². The van der Waals surface area contributed by atoms with Gasteiger partial charge in [0.1, 0.15) is 0 Å². The van der Waals surface area contributed by atoms with Crippen molar-refractivity contribution >= 4 is 5.91 Å². The summed E-state index contributed by atoms with van der Waals surface area (Å²) in [4.78, 5) is 16.3. The zero-order chi connectivity index (χ0) is 18.2. The Kier molecular flexibility index (Phi) is 5.11. The van der Waals surface area contributed by atoms with Crippen LogP contribution in [-0.4, -0.2) is 65.1 Å². The average molecular weight is 352 g/mol. The predicted octanol–water partition coefficient (Wildman–Crippen LogP) is 2.61. The van der Waals surface area contributed by atoms with E-state index < -0.39 is 12.0 Å². The molecule has 1 N–H and O–H groups in total. The van der Waals surface area contributed by atoms with Gasteiger partial charge in [0.25, 0.3) is 11.8 Å². The fourth-order valence-corrected chi connectivity index (χ4v) is 4.14. The number of halogens is 2. The maximum atomic E-state index is 13.7. The number of aliphatic hydroxyl groups excluding tert-OH is 1. The van der Waals surface area contributed by atoms with E-state index in [1.54, 1.807) is 4.90 Å². The Labute approximate surface area is 147 Å². The average Bonchev–Trinajstić information content (AvgIpc) is 2.89. The SMILES string of the molecule is Cc1ccc(C(=O)N2CCC(N3CC(F)(F)C[C@H]3CO)CC2)c(C)c1. The zero-order valence-corrected chi connectivity index (χ0v) is 14.8. The first-order valence-corrected chi connectivity index (χ1v) is 8.92. The van der Waals surface area contributed by atoms with E-state index in [-0.39, 0.29) is 31.5 Å². The van der Waals surface area contributed by atoms with Crippen LogP contribution in [0.5, 0.6) is 0 Å². The Morgan fingerprint density at radius 2 is 1.96 bits per heavy atom. The summed E-state index contributed by atoms with van der Waals surface area (Å²) in [5.74, 6) is -2.71. The number of likely N-dealkylation sites (tertiary alicyclic amines) is 2. The van der Waals surface area contributed by atoms with Crippen molar-refractivity contribution in [3.63, 3.8) is 0 Å². The molecule has 0 aromatic heterocycles. The molecule has 0 radical (unpaired) electrons. The van der Waals surface area contributed by atoms with Crippen LogP contribution >= 0.6 is 0 Å². The molecule has 2 saturated heterocycles. The molecule has 1 aromatic carbocycles. The van der Waals surface area contributed by atoms with Gasteiger partial charge in [0.15, 0.2) is 0 Å². The summed E-state index contributed by atoms with van der Waals surface area (Å²) in [5.41, 5.74) is 2.80. The van der Waals surface area contributed by atoms with Gasteiger partial charge in [-0.15, -0.1) is 0 Å². The van der Waals surface area contributed by atoms with E-state index in [1.807, 2.05) is 36.9 Å². The lowest BCUT2D eigenvalue weighted by molar-refractivity contribution is 0.00296. The third-order valence-electron chi connectivity index (χ3n) is 5.46. The molecule has 2 aliphatic rings. The van der Waals surface area contributed by atoms with Crippen LogP contribution in [0, 0.1) is 13.8 Å². The number of hydrogen-bond donors (Lipinski definition) is 1. The van der Waals surface area contributed by atoms with Crippen LogP contribution in [0.3, 0.4) is 0 Å². The number of aryl methyl sites for hydroxylation is 2. The highest BCUT2D eigenvalue weighted by Crippen LogP contribution is 2.35. The van der Waals surface area contributed by atoms with Gasteiger partial charge < -0.3 is 10.0 Å². The van der Waals surface area contributed by atoms with Crippen molar-refractivity contribution in [2.75, 3.05) is 26.2 Å². The van der Waals surface area contributed by atoms with Crippen LogP contribution in [0.15, 0.2) is 18.2 Å². The van der Waals surface area contributed by atoms with Crippen molar-refractivity contribution in [1.29, 1.82) is 0 Å². The van der Waals surface area contributed by atoms with Crippen molar-refractivity contribution < 1.29 is 18.7 Å². The van der Waals surface area contributed by atoms with Crippen molar-refractivity contribution in [1.82, 2.24) is 9.80 Å². The first kappa shape index (κ1) is 18.3. The van der Waals surface area contributed by atoms with Gasteiger partial charge in [-0.1, -0.05) is 17.7 Å². The lowest BCUT2D eigenvalue weighted by Crippen LogP contribution is -2.49. The molecule has 0 bridgehead atoms. The van der Waals surface area contributed by atoms with Gasteiger partial charge in [-0.25, -0.2) is 8.78 Å². The van der Waals surface area contributed by atoms with E-state index in [0.29, 0.717) is 31.5 Å². The largest absolute Gasteiger partial charge is 0.395 e. The first-order chi connectivity index (χ1) is 11.8. The van der Waals surface area contributed by atoms with Crippen LogP contribution in [-0.2, 0) is 0 Å². The molecule has 6 heteroatoms. The Bertz CT molecular complexity index is 642. The smallest absolute Gasteiger partial charge is 0.262 e. The molecule has 1 atom stereocenters. The standard InChI is InChI=1S/C19H26F2N2O2/c1-13-3-4-17(14(2)9-13)18(25)22-7-5-15(6-8-22)23-12-19(20,21)10-16(23)11-24/h3-4,9,15-16,24H,5-8,10-12H2,1-2H3/t16-/m0/s1. The second-order valence-corrected chi connectivity index (χ2v) is 7.41. The quantitative estimate of drug-likeness (QED) is 0.909. The lowest BCUT2D eigenvalue weighted by Gasteiger charge is -2.38. The van der Waals surface area contributed by atoms with Crippen LogP contribution in [0.4, 0.5) is 8.78 Å². The molecule has 0 saturated carbocycles. The number of carbonyl (C=O) groups is 1. The van der Waals surface area contributed by atoms with Gasteiger partial charge in [-0.2, -0.15) is 0 Å². The van der Waals surface area contributed by atoms with E-state index in [9.17, 15) is 18.7 Å². The van der Waals surface area contributed by atoms with Crippen LogP contribution in [0.1, 0.15) is 40.7 Å². The van der Waals surface area contributed by atoms with Crippen LogP contribution in [0.2, 0.25) is 0 Å². The minimum atomic E-state index is -2.72. The second kappa shape index (κ2) is 7.00. The van der Waals surface area contributed by atoms with Crippen LogP contribution < -0.4 is 0 Å². The number of alkyl halides is 2. The molecular weight excluding hydrogens is 326 g/mol. The van der Waals surface area contributed by atoms with Gasteiger partial charge in [-0.05, 0) is 38.3 Å². The highest BCUT2D eigenvalue weighted by Gasteiger charge is 2.47. The van der Waals surface area contributed by atoms with Gasteiger partial charge in [-0.3, -0.25) is 9.69 Å². The Balaban J connectivity index is 1.63. The summed E-state index contributed by atoms with van der Waals surface area (Å²) in [6.45, 7) is 4.54. The molecule has 1 amide bonds. The Hall–Kier alpha value is -1.53. The summed E-state index contributed by atoms with van der Waals surface area (Å²) in [7, 11) is 0. The minimum Gasteiger partial charge on any atom is -0.395 e. The van der Waals surface area contributed by atoms with E-state index in [1.165, 1.54) is 0 Å². The van der Waals surface area contributed by atoms with Crippen molar-refractivity contribution in [2.24, 2.45) is 0 Å². The maximum absolute atomic E-state index is 13.7. The molecule has 3 rings (SSSR count). The van der Waals surface area contributed by atoms with Crippen molar-refractivity contribution in [3.8, 4) is 0 Å². The molecule has 2 heterocycles. The lowest BCUT2D eigenvalue weighted by atomic mass is 9.99. The monoisotopic (exact) mass is 352 g/mol. The molecule has 138 valence electrons. The van der Waals surface area contributed by atoms with Crippen molar-refractivity contribution in [2.45, 2.75) is 51.1 Å². The molecule has 2 aliphatic heterocycles. The van der Waals surface area contributed by atoms with Gasteiger partial charge in [0, 0.05) is 37.2 Å². The Morgan fingerprint density at radius 3 is 2.56 bits per heavy atom. The van der Waals surface area contributed by atoms with Crippen molar-refractivity contribution in [3.05, 3.63) is 34.9 Å². The molecule has 4 nitrogen and oxygen atoms in total. The third kappa shape index (κ3) is 3.85. The number of hydrogen-bond acceptors (Lipinski definition) is 3. The van der Waals surface area contributed by atoms with E-state index in [2.05, 4.69) is 0 Å². The maximum Gasteiger partial charge on any atom is 0.262 e. The fourth-order valence-electron chi connectivity index (χ4n) is 4.14. The zero-order valence-electron chi connectivity index (χ0n) is 14.8. The van der Waals surface area contributed by atoms with E-state index in [4.69, 9.17) is 0 Å². The van der Waals surface area contributed by atoms with Gasteiger partial charge in [0.2, 0.25) is 0 Å². The highest BCUT2D eigenvalue weighted by molar-refractivity contribution is 5.95. The highest BCUT2D eigenvalue weighted by atomic mass is 19.3. The summed E-state index contributed by atoms with van der Waals surface area (Å²) < 4.78 is 27.3. The molecule has 2 fully saturated rings. The summed E-state index contributed by atoms with van der Waals surface area (Å²) in [5, 5.41) is 9.40. The molecule has 0 unspecified atom stereocenters. The molecule has 1 aromatic rings. The van der Waals surface area contributed by atoms with Crippen LogP contribution in [0.25, 0.3) is 0 Å². The number of rotatable bonds is 3. The summed E-state index contributed by atoms with van der Waals surface area (Å²) in [6, 6.07) is 5.33. The molecule has 25 heavy (non-hydrogen) atoms. The number of aliphatic hydroxyl groups is 1. The number of carbonyl (C=O) groups excluding carboxylic acids is 1. The summed E-state index contributed by atoms with van der Waals surface area (Å²) in [6.07, 6.45) is 1.07. The molecular formula is C19H26F2N2O2. The number of nitrogens with zero attached hydrogens (tertiary/aromatic N) is 2. The second-order valence-electron chi connectivity index (χ2n) is 7.41. The number of amides is 1. The normalized spacial score (nSPS) is 24.7. The summed E-state index contributed by atoms with van der Waals surface area (Å²) >= 11 is 0. The van der Waals surface area contributed by atoms with Gasteiger partial charge >= 0.3 is 0 Å². The minimum absolute atomic E-state index is 0.00805. The molecule has 0 aliphatic carbocycles. The predicted molar refractivity (Wildman–Crippen MR) is 92.0 cm³/mol. The topological polar surface area (TPSA) is 43.8 Å². The fraction of sp³-hybridized carbons (Fsp3) is 0.632. The first-order valence-electron chi connectivity index (χ1n) is 8.92. The third-order valence-corrected chi connectivity index (χ3v) is 5.46. The Morgan fingerprint density at radius 1 is 1.28 bits per heavy atom. The van der Waals surface area contributed by atoms with E-state index >= 15 is 0 Å². The molecule has 0 spiro atoms. The van der Waals surface area contributed by atoms with Gasteiger partial charge in [0.05, 0.1) is 13.2 Å².